The average molecular weight is 359 g/mol. The van der Waals surface area contributed by atoms with E-state index in [1.807, 2.05) is 6.07 Å². The number of hydrogen-bond acceptors (Lipinski definition) is 6. The third-order valence-corrected chi connectivity index (χ3v) is 3.89. The molecule has 132 valence electrons. The Morgan fingerprint density at radius 1 is 1.08 bits per heavy atom. The maximum atomic E-state index is 12.7. The maximum absolute atomic E-state index is 12.7. The van der Waals surface area contributed by atoms with Crippen LogP contribution in [0.4, 0.5) is 19.1 Å². The Balaban J connectivity index is 1.71. The third-order valence-electron chi connectivity index (χ3n) is 3.89. The van der Waals surface area contributed by atoms with Crippen LogP contribution in [-0.4, -0.2) is 41.8 Å². The molecule has 0 amide bonds. The summed E-state index contributed by atoms with van der Waals surface area (Å²) in [6, 6.07) is 1.88. The molecule has 0 bridgehead atoms. The highest BCUT2D eigenvalue weighted by atomic mass is 19.4. The first kappa shape index (κ1) is 16.2. The molecule has 4 aromatic rings. The molecule has 0 saturated heterocycles. The van der Waals surface area contributed by atoms with E-state index in [0.717, 1.165) is 18.1 Å². The quantitative estimate of drug-likeness (QED) is 0.605. The van der Waals surface area contributed by atoms with Crippen molar-refractivity contribution in [2.75, 3.05) is 5.32 Å². The monoisotopic (exact) mass is 359 g/mol. The summed E-state index contributed by atoms with van der Waals surface area (Å²) < 4.78 is 39.4. The highest BCUT2D eigenvalue weighted by Gasteiger charge is 2.36. The molecule has 26 heavy (non-hydrogen) atoms. The molecule has 0 aromatic carbocycles. The second-order valence-electron chi connectivity index (χ2n) is 5.67. The van der Waals surface area contributed by atoms with Gasteiger partial charge in [0, 0.05) is 35.9 Å². The minimum Gasteiger partial charge on any atom is -0.341 e. The minimum absolute atomic E-state index is 0.105. The molecule has 4 heterocycles. The maximum Gasteiger partial charge on any atom is 0.408 e. The fourth-order valence-corrected chi connectivity index (χ4v) is 2.49. The highest BCUT2D eigenvalue weighted by Crippen LogP contribution is 2.27. The summed E-state index contributed by atoms with van der Waals surface area (Å²) in [5, 5.41) is 6.33. The molecule has 0 unspecified atom stereocenters. The van der Waals surface area contributed by atoms with Crippen molar-refractivity contribution in [1.29, 1.82) is 0 Å². The predicted octanol–water partition coefficient (Wildman–Crippen LogP) is 3.10. The van der Waals surface area contributed by atoms with Gasteiger partial charge < -0.3 is 5.32 Å². The van der Waals surface area contributed by atoms with Crippen LogP contribution in [0, 0.1) is 0 Å². The lowest BCUT2D eigenvalue weighted by Gasteiger charge is -2.16. The van der Waals surface area contributed by atoms with Crippen LogP contribution in [0.2, 0.25) is 0 Å². The largest absolute Gasteiger partial charge is 0.408 e. The van der Waals surface area contributed by atoms with Crippen LogP contribution in [-0.2, 0) is 0 Å². The highest BCUT2D eigenvalue weighted by molar-refractivity contribution is 5.84. The molecule has 0 spiro atoms. The van der Waals surface area contributed by atoms with Gasteiger partial charge in [-0.1, -0.05) is 0 Å². The van der Waals surface area contributed by atoms with Crippen LogP contribution in [0.1, 0.15) is 6.92 Å². The van der Waals surface area contributed by atoms with Gasteiger partial charge >= 0.3 is 6.18 Å². The number of pyridine rings is 1. The number of anilines is 1. The first-order valence-electron chi connectivity index (χ1n) is 7.66. The molecule has 0 aliphatic carbocycles. The van der Waals surface area contributed by atoms with Gasteiger partial charge in [0.15, 0.2) is 5.65 Å². The van der Waals surface area contributed by atoms with E-state index in [2.05, 4.69) is 30.4 Å². The Bertz CT molecular complexity index is 1090. The Hall–Kier alpha value is -3.30. The Labute approximate surface area is 144 Å². The van der Waals surface area contributed by atoms with Gasteiger partial charge in [-0.15, -0.1) is 5.10 Å². The van der Waals surface area contributed by atoms with E-state index in [9.17, 15) is 13.2 Å². The molecule has 4 aromatic heterocycles. The molecule has 4 rings (SSSR count). The summed E-state index contributed by atoms with van der Waals surface area (Å²) in [5.41, 5.74) is 3.39. The van der Waals surface area contributed by atoms with Gasteiger partial charge in [0.2, 0.25) is 5.95 Å². The molecule has 7 nitrogen and oxygen atoms in total. The van der Waals surface area contributed by atoms with Crippen LogP contribution in [0.5, 0.6) is 0 Å². The Kier molecular flexibility index (Phi) is 3.67. The number of alkyl halides is 3. The van der Waals surface area contributed by atoms with E-state index in [1.165, 1.54) is 10.7 Å². The van der Waals surface area contributed by atoms with Crippen molar-refractivity contribution >= 4 is 22.6 Å². The first-order chi connectivity index (χ1) is 12.4. The van der Waals surface area contributed by atoms with E-state index < -0.39 is 12.2 Å². The predicted molar refractivity (Wildman–Crippen MR) is 88.5 cm³/mol. The second kappa shape index (κ2) is 5.90. The number of hydrogen-bond donors (Lipinski definition) is 1. The van der Waals surface area contributed by atoms with Gasteiger partial charge in [-0.05, 0) is 19.1 Å². The zero-order chi connectivity index (χ0) is 18.3. The summed E-state index contributed by atoms with van der Waals surface area (Å²) >= 11 is 0. The molecule has 0 radical (unpaired) electrons. The summed E-state index contributed by atoms with van der Waals surface area (Å²) in [6.45, 7) is 1.01. The number of fused-ring (bicyclic) bond motifs is 2. The molecule has 0 fully saturated rings. The summed E-state index contributed by atoms with van der Waals surface area (Å²) in [6.07, 6.45) is 3.54. The van der Waals surface area contributed by atoms with Crippen LogP contribution < -0.4 is 5.32 Å². The summed E-state index contributed by atoms with van der Waals surface area (Å²) in [4.78, 5) is 16.6. The lowest BCUT2D eigenvalue weighted by molar-refractivity contribution is -0.138. The standard InChI is InChI=1S/C16H12F3N7/c1-9(16(17,18)19)24-15-23-8-13-11(2-5-26(13)25-15)10-6-12-14(22-7-10)21-4-3-20-12/h2-9H,1H3,(H,24,25)/t9-/m1/s1. The van der Waals surface area contributed by atoms with Gasteiger partial charge in [0.25, 0.3) is 0 Å². The van der Waals surface area contributed by atoms with Crippen molar-refractivity contribution in [3.8, 4) is 11.1 Å². The zero-order valence-corrected chi connectivity index (χ0v) is 13.4. The summed E-state index contributed by atoms with van der Waals surface area (Å²) in [7, 11) is 0. The smallest absolute Gasteiger partial charge is 0.341 e. The molecule has 10 heteroatoms. The van der Waals surface area contributed by atoms with Gasteiger partial charge in [-0.2, -0.15) is 13.2 Å². The zero-order valence-electron chi connectivity index (χ0n) is 13.4. The van der Waals surface area contributed by atoms with E-state index >= 15 is 0 Å². The number of rotatable bonds is 3. The van der Waals surface area contributed by atoms with E-state index in [-0.39, 0.29) is 5.95 Å². The Morgan fingerprint density at radius 3 is 2.69 bits per heavy atom. The van der Waals surface area contributed by atoms with Crippen LogP contribution in [0.25, 0.3) is 27.8 Å². The van der Waals surface area contributed by atoms with Crippen molar-refractivity contribution in [3.05, 3.63) is 43.1 Å². The fraction of sp³-hybridized carbons (Fsp3) is 0.188. The van der Waals surface area contributed by atoms with Gasteiger partial charge in [0.1, 0.15) is 11.6 Å². The van der Waals surface area contributed by atoms with Crippen molar-refractivity contribution in [1.82, 2.24) is 29.5 Å². The number of nitrogens with one attached hydrogen (secondary N) is 1. The third kappa shape index (κ3) is 2.89. The van der Waals surface area contributed by atoms with Crippen LogP contribution >= 0.6 is 0 Å². The summed E-state index contributed by atoms with van der Waals surface area (Å²) in [5.74, 6) is -0.105. The van der Waals surface area contributed by atoms with Crippen molar-refractivity contribution in [2.45, 2.75) is 19.1 Å². The normalized spacial score (nSPS) is 13.2. The molecule has 0 aliphatic rings. The lowest BCUT2D eigenvalue weighted by atomic mass is 10.1. The first-order valence-corrected chi connectivity index (χ1v) is 7.66. The molecular weight excluding hydrogens is 347 g/mol. The van der Waals surface area contributed by atoms with Crippen molar-refractivity contribution in [2.24, 2.45) is 0 Å². The minimum atomic E-state index is -4.38. The van der Waals surface area contributed by atoms with Gasteiger partial charge in [0.05, 0.1) is 11.7 Å². The SMILES string of the molecule is C[C@@H](Nc1ncc2c(-c3cnc4nccnc4c3)ccn2n1)C(F)(F)F. The van der Waals surface area contributed by atoms with Crippen LogP contribution in [0.15, 0.2) is 43.1 Å². The van der Waals surface area contributed by atoms with E-state index in [4.69, 9.17) is 0 Å². The second-order valence-corrected chi connectivity index (χ2v) is 5.67. The Morgan fingerprint density at radius 2 is 1.88 bits per heavy atom. The van der Waals surface area contributed by atoms with Crippen molar-refractivity contribution < 1.29 is 13.2 Å². The van der Waals surface area contributed by atoms with E-state index in [1.54, 1.807) is 30.9 Å². The number of nitrogens with zero attached hydrogens (tertiary/aromatic N) is 6. The molecule has 0 aliphatic heterocycles. The van der Waals surface area contributed by atoms with Crippen molar-refractivity contribution in [3.63, 3.8) is 0 Å². The number of halogens is 3. The molecule has 1 atom stereocenters. The van der Waals surface area contributed by atoms with Gasteiger partial charge in [-0.25, -0.2) is 19.5 Å². The average Bonchev–Trinajstić information content (AvgIpc) is 3.03. The molecule has 1 N–H and O–H groups in total. The fourth-order valence-electron chi connectivity index (χ4n) is 2.49. The van der Waals surface area contributed by atoms with Gasteiger partial charge in [-0.3, -0.25) is 4.98 Å². The van der Waals surface area contributed by atoms with Crippen LogP contribution in [0.3, 0.4) is 0 Å². The van der Waals surface area contributed by atoms with E-state index in [0.29, 0.717) is 16.7 Å². The lowest BCUT2D eigenvalue weighted by Crippen LogP contribution is -2.33. The number of aromatic nitrogens is 6. The topological polar surface area (TPSA) is 80.9 Å². The molecule has 0 saturated carbocycles. The molecular formula is C16H12F3N7.